The Balaban J connectivity index is 1.91. The Hall–Kier alpha value is -1.88. The van der Waals surface area contributed by atoms with Gasteiger partial charge in [-0.15, -0.1) is 0 Å². The molecule has 1 aliphatic heterocycles. The molecule has 2 aliphatic rings. The fourth-order valence-corrected chi connectivity index (χ4v) is 2.95. The van der Waals surface area contributed by atoms with Gasteiger partial charge in [0.2, 0.25) is 11.8 Å². The Morgan fingerprint density at radius 1 is 1.15 bits per heavy atom. The monoisotopic (exact) mass is 273 g/mol. The third-order valence-electron chi connectivity index (χ3n) is 4.20. The first kappa shape index (κ1) is 13.1. The minimum Gasteiger partial charge on any atom is -0.324 e. The fourth-order valence-electron chi connectivity index (χ4n) is 2.95. The van der Waals surface area contributed by atoms with Gasteiger partial charge in [-0.1, -0.05) is 12.5 Å². The van der Waals surface area contributed by atoms with Gasteiger partial charge in [-0.05, 0) is 43.5 Å². The summed E-state index contributed by atoms with van der Waals surface area (Å²) in [4.78, 5) is 23.1. The predicted molar refractivity (Wildman–Crippen MR) is 77.5 cm³/mol. The van der Waals surface area contributed by atoms with Crippen molar-refractivity contribution in [2.24, 2.45) is 5.92 Å². The molecule has 1 aromatic rings. The minimum absolute atomic E-state index is 0.123. The zero-order valence-corrected chi connectivity index (χ0v) is 11.5. The Morgan fingerprint density at radius 3 is 2.45 bits per heavy atom. The number of hydrogen-bond donors (Lipinski definition) is 3. The van der Waals surface area contributed by atoms with E-state index in [1.165, 1.54) is 19.3 Å². The van der Waals surface area contributed by atoms with E-state index in [0.29, 0.717) is 23.3 Å². The molecule has 5 heteroatoms. The molecule has 5 nitrogen and oxygen atoms in total. The summed E-state index contributed by atoms with van der Waals surface area (Å²) in [5, 5.41) is 8.91. The maximum atomic E-state index is 11.6. The van der Waals surface area contributed by atoms with Gasteiger partial charge in [0, 0.05) is 6.04 Å². The average Bonchev–Trinajstić information content (AvgIpc) is 2.49. The molecule has 1 atom stereocenters. The molecule has 1 aliphatic carbocycles. The first-order chi connectivity index (χ1) is 9.67. The highest BCUT2D eigenvalue weighted by Crippen LogP contribution is 2.39. The van der Waals surface area contributed by atoms with Crippen LogP contribution in [0.3, 0.4) is 0 Å². The Morgan fingerprint density at radius 2 is 1.85 bits per heavy atom. The van der Waals surface area contributed by atoms with Crippen molar-refractivity contribution in [1.82, 2.24) is 5.32 Å². The summed E-state index contributed by atoms with van der Waals surface area (Å²) < 4.78 is 0. The van der Waals surface area contributed by atoms with Crippen LogP contribution in [0.15, 0.2) is 18.2 Å². The second-order valence-corrected chi connectivity index (χ2v) is 5.54. The molecule has 0 spiro atoms. The van der Waals surface area contributed by atoms with Crippen LogP contribution in [-0.2, 0) is 9.59 Å². The van der Waals surface area contributed by atoms with Crippen molar-refractivity contribution in [3.63, 3.8) is 0 Å². The lowest BCUT2D eigenvalue weighted by atomic mass is 9.77. The zero-order valence-electron chi connectivity index (χ0n) is 11.5. The lowest BCUT2D eigenvalue weighted by molar-refractivity contribution is -0.123. The van der Waals surface area contributed by atoms with E-state index in [1.807, 2.05) is 25.2 Å². The van der Waals surface area contributed by atoms with E-state index in [2.05, 4.69) is 16.0 Å². The van der Waals surface area contributed by atoms with Gasteiger partial charge in [-0.25, -0.2) is 0 Å². The number of benzene rings is 1. The average molecular weight is 273 g/mol. The highest BCUT2D eigenvalue weighted by Gasteiger charge is 2.28. The third kappa shape index (κ3) is 2.41. The molecule has 0 aromatic heterocycles. The lowest BCUT2D eigenvalue weighted by Crippen LogP contribution is -2.29. The van der Waals surface area contributed by atoms with E-state index < -0.39 is 0 Å². The van der Waals surface area contributed by atoms with Crippen molar-refractivity contribution in [2.75, 3.05) is 17.7 Å². The molecule has 0 bridgehead atoms. The van der Waals surface area contributed by atoms with Crippen LogP contribution in [0.25, 0.3) is 0 Å². The number of amides is 2. The van der Waals surface area contributed by atoms with E-state index in [4.69, 9.17) is 0 Å². The molecule has 3 N–H and O–H groups in total. The van der Waals surface area contributed by atoms with Crippen LogP contribution < -0.4 is 16.0 Å². The van der Waals surface area contributed by atoms with E-state index in [9.17, 15) is 9.59 Å². The van der Waals surface area contributed by atoms with Gasteiger partial charge < -0.3 is 16.0 Å². The SMILES string of the molecule is CNC(c1ccc2c(c1)NC(=O)CC(=O)N2)C1CCC1. The Kier molecular flexibility index (Phi) is 3.44. The van der Waals surface area contributed by atoms with Crippen LogP contribution in [-0.4, -0.2) is 18.9 Å². The number of anilines is 2. The number of carbonyl (C=O) groups excluding carboxylic acids is 2. The molecule has 1 aromatic carbocycles. The van der Waals surface area contributed by atoms with Gasteiger partial charge in [0.15, 0.2) is 0 Å². The molecule has 1 unspecified atom stereocenters. The molecule has 0 saturated heterocycles. The molecule has 1 saturated carbocycles. The summed E-state index contributed by atoms with van der Waals surface area (Å²) in [5.41, 5.74) is 2.53. The summed E-state index contributed by atoms with van der Waals surface area (Å²) in [5.74, 6) is 0.135. The van der Waals surface area contributed by atoms with Crippen molar-refractivity contribution in [3.8, 4) is 0 Å². The van der Waals surface area contributed by atoms with Gasteiger partial charge in [0.25, 0.3) is 0 Å². The van der Waals surface area contributed by atoms with Crippen molar-refractivity contribution < 1.29 is 9.59 Å². The van der Waals surface area contributed by atoms with E-state index >= 15 is 0 Å². The first-order valence-corrected chi connectivity index (χ1v) is 7.08. The number of hydrogen-bond acceptors (Lipinski definition) is 3. The second kappa shape index (κ2) is 5.25. The summed E-state index contributed by atoms with van der Waals surface area (Å²) in [6.45, 7) is 0. The molecule has 0 radical (unpaired) electrons. The van der Waals surface area contributed by atoms with Gasteiger partial charge in [0.05, 0.1) is 11.4 Å². The number of carbonyl (C=O) groups is 2. The fraction of sp³-hybridized carbons (Fsp3) is 0.467. The predicted octanol–water partition coefficient (Wildman–Crippen LogP) is 2.03. The number of rotatable bonds is 3. The number of fused-ring (bicyclic) bond motifs is 1. The smallest absolute Gasteiger partial charge is 0.233 e. The molecular weight excluding hydrogens is 254 g/mol. The van der Waals surface area contributed by atoms with Crippen molar-refractivity contribution in [3.05, 3.63) is 23.8 Å². The molecule has 1 heterocycles. The normalized spacial score (nSPS) is 20.2. The quantitative estimate of drug-likeness (QED) is 0.738. The van der Waals surface area contributed by atoms with Crippen LogP contribution in [0.4, 0.5) is 11.4 Å². The molecule has 106 valence electrons. The second-order valence-electron chi connectivity index (χ2n) is 5.54. The van der Waals surface area contributed by atoms with Crippen molar-refractivity contribution in [2.45, 2.75) is 31.7 Å². The third-order valence-corrected chi connectivity index (χ3v) is 4.20. The van der Waals surface area contributed by atoms with Crippen molar-refractivity contribution in [1.29, 1.82) is 0 Å². The molecule has 20 heavy (non-hydrogen) atoms. The van der Waals surface area contributed by atoms with Gasteiger partial charge in [0.1, 0.15) is 6.42 Å². The van der Waals surface area contributed by atoms with Crippen LogP contribution in [0.2, 0.25) is 0 Å². The van der Waals surface area contributed by atoms with Gasteiger partial charge >= 0.3 is 0 Å². The topological polar surface area (TPSA) is 70.2 Å². The standard InChI is InChI=1S/C15H19N3O2/c1-16-15(9-3-2-4-9)10-5-6-11-12(7-10)18-14(20)8-13(19)17-11/h5-7,9,15-16H,2-4,8H2,1H3,(H,17,19)(H,18,20). The minimum atomic E-state index is -0.266. The van der Waals surface area contributed by atoms with E-state index in [0.717, 1.165) is 5.56 Å². The summed E-state index contributed by atoms with van der Waals surface area (Å²) >= 11 is 0. The van der Waals surface area contributed by atoms with Crippen LogP contribution in [0, 0.1) is 5.92 Å². The summed E-state index contributed by atoms with van der Waals surface area (Å²) in [7, 11) is 1.97. The van der Waals surface area contributed by atoms with Crippen molar-refractivity contribution >= 4 is 23.2 Å². The van der Waals surface area contributed by atoms with Gasteiger partial charge in [-0.3, -0.25) is 9.59 Å². The van der Waals surface area contributed by atoms with Crippen LogP contribution in [0.5, 0.6) is 0 Å². The summed E-state index contributed by atoms with van der Waals surface area (Å²) in [6, 6.07) is 6.18. The lowest BCUT2D eigenvalue weighted by Gasteiger charge is -2.34. The largest absolute Gasteiger partial charge is 0.324 e. The zero-order chi connectivity index (χ0) is 14.1. The Labute approximate surface area is 118 Å². The molecule has 1 fully saturated rings. The molecular formula is C15H19N3O2. The van der Waals surface area contributed by atoms with E-state index in [-0.39, 0.29) is 18.2 Å². The summed E-state index contributed by atoms with van der Waals surface area (Å²) in [6.07, 6.45) is 3.65. The molecule has 3 rings (SSSR count). The number of nitrogens with one attached hydrogen (secondary N) is 3. The van der Waals surface area contributed by atoms with Gasteiger partial charge in [-0.2, -0.15) is 0 Å². The molecule has 2 amide bonds. The maximum Gasteiger partial charge on any atom is 0.233 e. The van der Waals surface area contributed by atoms with Crippen LogP contribution in [0.1, 0.15) is 37.3 Å². The van der Waals surface area contributed by atoms with E-state index in [1.54, 1.807) is 0 Å². The highest BCUT2D eigenvalue weighted by atomic mass is 16.2. The highest BCUT2D eigenvalue weighted by molar-refractivity contribution is 6.13. The maximum absolute atomic E-state index is 11.6. The first-order valence-electron chi connectivity index (χ1n) is 7.08. The Bertz CT molecular complexity index is 552. The van der Waals surface area contributed by atoms with Crippen LogP contribution >= 0.6 is 0 Å².